The van der Waals surface area contributed by atoms with E-state index in [1.165, 1.54) is 0 Å². The highest BCUT2D eigenvalue weighted by Gasteiger charge is 2.16. The maximum absolute atomic E-state index is 10.0. The predicted molar refractivity (Wildman–Crippen MR) is 67.0 cm³/mol. The van der Waals surface area contributed by atoms with Crippen LogP contribution in [-0.4, -0.2) is 68.0 Å². The SMILES string of the molecule is NCCC[C@H](N)C(=O)O.O.O.O=C(O)C[C@H](O)C(=O)O. The first kappa shape index (κ1) is 26.7. The van der Waals surface area contributed by atoms with Crippen LogP contribution in [0.3, 0.4) is 0 Å². The van der Waals surface area contributed by atoms with Crippen molar-refractivity contribution in [3.63, 3.8) is 0 Å². The number of aliphatic hydroxyl groups excluding tert-OH is 1. The summed E-state index contributed by atoms with van der Waals surface area (Å²) in [6.45, 7) is 0.501. The van der Waals surface area contributed by atoms with Crippen LogP contribution >= 0.6 is 0 Å². The Labute approximate surface area is 114 Å². The first-order valence-electron chi connectivity index (χ1n) is 5.03. The fraction of sp³-hybridized carbons (Fsp3) is 0.667. The molecule has 2 atom stereocenters. The van der Waals surface area contributed by atoms with Gasteiger partial charge in [-0.25, -0.2) is 4.79 Å². The van der Waals surface area contributed by atoms with Gasteiger partial charge in [0, 0.05) is 0 Å². The van der Waals surface area contributed by atoms with Crippen molar-refractivity contribution >= 4 is 17.9 Å². The molecule has 0 aliphatic rings. The number of carboxylic acids is 3. The van der Waals surface area contributed by atoms with Gasteiger partial charge in [-0.2, -0.15) is 0 Å². The Hall–Kier alpha value is -1.79. The summed E-state index contributed by atoms with van der Waals surface area (Å²) in [6, 6.07) is -0.742. The van der Waals surface area contributed by atoms with Crippen molar-refractivity contribution in [2.45, 2.75) is 31.4 Å². The average Bonchev–Trinajstić information content (AvgIpc) is 2.25. The Kier molecular flexibility index (Phi) is 20.4. The third-order valence-electron chi connectivity index (χ3n) is 1.69. The minimum Gasteiger partial charge on any atom is -0.481 e. The zero-order valence-electron chi connectivity index (χ0n) is 10.7. The number of carbonyl (C=O) groups is 3. The quantitative estimate of drug-likeness (QED) is 0.271. The Morgan fingerprint density at radius 3 is 1.65 bits per heavy atom. The number of aliphatic hydroxyl groups is 1. The van der Waals surface area contributed by atoms with E-state index < -0.39 is 36.5 Å². The van der Waals surface area contributed by atoms with Crippen molar-refractivity contribution in [3.05, 3.63) is 0 Å². The van der Waals surface area contributed by atoms with E-state index in [-0.39, 0.29) is 11.0 Å². The van der Waals surface area contributed by atoms with E-state index in [1.54, 1.807) is 0 Å². The van der Waals surface area contributed by atoms with Gasteiger partial charge in [-0.3, -0.25) is 9.59 Å². The number of carboxylic acid groups (broad SMARTS) is 3. The van der Waals surface area contributed by atoms with Gasteiger partial charge in [-0.05, 0) is 19.4 Å². The first-order valence-corrected chi connectivity index (χ1v) is 5.03. The number of nitrogens with two attached hydrogens (primary N) is 2. The summed E-state index contributed by atoms with van der Waals surface area (Å²) < 4.78 is 0. The van der Waals surface area contributed by atoms with Crippen LogP contribution in [0.25, 0.3) is 0 Å². The lowest BCUT2D eigenvalue weighted by Gasteiger charge is -2.02. The largest absolute Gasteiger partial charge is 0.481 e. The average molecular weight is 302 g/mol. The van der Waals surface area contributed by atoms with Gasteiger partial charge in [0.25, 0.3) is 0 Å². The normalized spacial score (nSPS) is 11.6. The summed E-state index contributed by atoms with van der Waals surface area (Å²) in [7, 11) is 0. The lowest BCUT2D eigenvalue weighted by atomic mass is 10.2. The van der Waals surface area contributed by atoms with Gasteiger partial charge in [0.1, 0.15) is 6.04 Å². The van der Waals surface area contributed by atoms with Gasteiger partial charge < -0.3 is 42.8 Å². The minimum atomic E-state index is -1.79. The van der Waals surface area contributed by atoms with Crippen LogP contribution in [0.1, 0.15) is 19.3 Å². The molecule has 0 bridgehead atoms. The molecule has 0 fully saturated rings. The van der Waals surface area contributed by atoms with E-state index in [1.807, 2.05) is 0 Å². The van der Waals surface area contributed by atoms with Crippen molar-refractivity contribution in [2.24, 2.45) is 11.5 Å². The number of hydrogen-bond donors (Lipinski definition) is 6. The van der Waals surface area contributed by atoms with Gasteiger partial charge >= 0.3 is 17.9 Å². The van der Waals surface area contributed by atoms with Crippen LogP contribution < -0.4 is 11.5 Å². The molecular weight excluding hydrogens is 280 g/mol. The number of aliphatic carboxylic acids is 3. The molecule has 11 heteroatoms. The molecule has 0 aromatic rings. The minimum absolute atomic E-state index is 0. The molecule has 0 spiro atoms. The lowest BCUT2D eigenvalue weighted by Crippen LogP contribution is -2.30. The van der Waals surface area contributed by atoms with E-state index in [0.717, 1.165) is 0 Å². The second kappa shape index (κ2) is 15.3. The van der Waals surface area contributed by atoms with Crippen LogP contribution in [0, 0.1) is 0 Å². The van der Waals surface area contributed by atoms with Crippen LogP contribution in [0.2, 0.25) is 0 Å². The van der Waals surface area contributed by atoms with Crippen molar-refractivity contribution in [1.82, 2.24) is 0 Å². The molecule has 0 aliphatic heterocycles. The lowest BCUT2D eigenvalue weighted by molar-refractivity contribution is -0.152. The molecule has 0 saturated heterocycles. The third-order valence-corrected chi connectivity index (χ3v) is 1.69. The van der Waals surface area contributed by atoms with Gasteiger partial charge in [0.15, 0.2) is 6.10 Å². The fourth-order valence-electron chi connectivity index (χ4n) is 0.714. The van der Waals surface area contributed by atoms with Gasteiger partial charge in [0.2, 0.25) is 0 Å². The van der Waals surface area contributed by atoms with Crippen LogP contribution in [0.4, 0.5) is 0 Å². The van der Waals surface area contributed by atoms with E-state index in [9.17, 15) is 14.4 Å². The van der Waals surface area contributed by atoms with Crippen molar-refractivity contribution in [2.75, 3.05) is 6.54 Å². The molecule has 20 heavy (non-hydrogen) atoms. The first-order chi connectivity index (χ1) is 8.22. The third kappa shape index (κ3) is 18.6. The topological polar surface area (TPSA) is 247 Å². The zero-order valence-corrected chi connectivity index (χ0v) is 10.7. The molecule has 0 aliphatic carbocycles. The van der Waals surface area contributed by atoms with Crippen molar-refractivity contribution in [3.8, 4) is 0 Å². The Morgan fingerprint density at radius 1 is 1.00 bits per heavy atom. The molecular formula is C9H22N2O9. The summed E-state index contributed by atoms with van der Waals surface area (Å²) in [4.78, 5) is 29.5. The molecule has 0 radical (unpaired) electrons. The molecule has 122 valence electrons. The zero-order chi connectivity index (χ0) is 14.7. The van der Waals surface area contributed by atoms with Crippen molar-refractivity contribution in [1.29, 1.82) is 0 Å². The fourth-order valence-corrected chi connectivity index (χ4v) is 0.714. The molecule has 0 heterocycles. The van der Waals surface area contributed by atoms with Crippen LogP contribution in [0.5, 0.6) is 0 Å². The smallest absolute Gasteiger partial charge is 0.333 e. The summed E-state index contributed by atoms with van der Waals surface area (Å²) in [5, 5.41) is 32.4. The van der Waals surface area contributed by atoms with E-state index >= 15 is 0 Å². The van der Waals surface area contributed by atoms with Crippen molar-refractivity contribution < 1.29 is 45.8 Å². The second-order valence-electron chi connectivity index (χ2n) is 3.33. The van der Waals surface area contributed by atoms with Gasteiger partial charge in [-0.1, -0.05) is 0 Å². The maximum Gasteiger partial charge on any atom is 0.333 e. The molecule has 0 aromatic heterocycles. The summed E-state index contributed by atoms with van der Waals surface area (Å²) in [5.74, 6) is -3.80. The summed E-state index contributed by atoms with van der Waals surface area (Å²) >= 11 is 0. The highest BCUT2D eigenvalue weighted by atomic mass is 16.4. The second-order valence-corrected chi connectivity index (χ2v) is 3.33. The summed E-state index contributed by atoms with van der Waals surface area (Å²) in [6.07, 6.45) is -1.41. The Bertz CT molecular complexity index is 285. The molecule has 0 amide bonds. The van der Waals surface area contributed by atoms with Crippen LogP contribution in [-0.2, 0) is 14.4 Å². The molecule has 11 nitrogen and oxygen atoms in total. The van der Waals surface area contributed by atoms with Gasteiger partial charge in [0.05, 0.1) is 6.42 Å². The molecule has 0 rings (SSSR count). The molecule has 12 N–H and O–H groups in total. The standard InChI is InChI=1S/C5H12N2O2.C4H6O5.2H2O/c6-3-1-2-4(7)5(8)9;5-2(4(8)9)1-3(6)7;;/h4H,1-3,6-7H2,(H,8,9);2,5H,1H2,(H,6,7)(H,8,9);2*1H2/t4-;2-;;/m00../s1. The van der Waals surface area contributed by atoms with Crippen LogP contribution in [0.15, 0.2) is 0 Å². The molecule has 0 saturated carbocycles. The predicted octanol–water partition coefficient (Wildman–Crippen LogP) is -3.61. The Morgan fingerprint density at radius 2 is 1.45 bits per heavy atom. The maximum atomic E-state index is 10.0. The van der Waals surface area contributed by atoms with Gasteiger partial charge in [-0.15, -0.1) is 0 Å². The Balaban J connectivity index is -0.000000116. The molecule has 0 unspecified atom stereocenters. The monoisotopic (exact) mass is 302 g/mol. The highest BCUT2D eigenvalue weighted by molar-refractivity contribution is 5.79. The highest BCUT2D eigenvalue weighted by Crippen LogP contribution is 1.91. The molecule has 0 aromatic carbocycles. The number of hydrogen-bond acceptors (Lipinski definition) is 6. The van der Waals surface area contributed by atoms with E-state index in [0.29, 0.717) is 19.4 Å². The summed E-state index contributed by atoms with van der Waals surface area (Å²) in [5.41, 5.74) is 10.3. The number of rotatable bonds is 7. The van der Waals surface area contributed by atoms with E-state index in [2.05, 4.69) is 0 Å². The van der Waals surface area contributed by atoms with E-state index in [4.69, 9.17) is 31.9 Å².